The van der Waals surface area contributed by atoms with Crippen LogP contribution in [0.4, 0.5) is 0 Å². The smallest absolute Gasteiger partial charge is 0.112 e. The maximum absolute atomic E-state index is 3.14. The van der Waals surface area contributed by atoms with E-state index in [0.29, 0.717) is 0 Å². The van der Waals surface area contributed by atoms with Crippen LogP contribution in [0.25, 0.3) is 0 Å². The lowest BCUT2D eigenvalue weighted by Crippen LogP contribution is -2.73. The van der Waals surface area contributed by atoms with Crippen LogP contribution >= 0.6 is 0 Å². The predicted octanol–water partition coefficient (Wildman–Crippen LogP) is 6.24. The molecule has 1 rings (SSSR count). The number of rotatable bonds is 6. The summed E-state index contributed by atoms with van der Waals surface area (Å²) in [7, 11) is -5.26. The van der Waals surface area contributed by atoms with Crippen molar-refractivity contribution >= 4 is 32.9 Å². The van der Waals surface area contributed by atoms with Gasteiger partial charge in [-0.15, -0.1) is 0 Å². The molecular formula is C18H46N2Si4. The average molecular weight is 403 g/mol. The first kappa shape index (κ1) is 22.8. The SMILES string of the molecule is C[Si](C)(C)N(C1CCCCC1N([Si](C)(C)C)[Si](C)(C)C)[Si](C)(C)C. The van der Waals surface area contributed by atoms with E-state index < -0.39 is 32.9 Å². The van der Waals surface area contributed by atoms with Crippen LogP contribution in [0.2, 0.25) is 78.6 Å². The highest BCUT2D eigenvalue weighted by Gasteiger charge is 2.48. The minimum absolute atomic E-state index is 0.815. The normalized spacial score (nSPS) is 24.8. The van der Waals surface area contributed by atoms with E-state index in [-0.39, 0.29) is 0 Å². The fourth-order valence-corrected chi connectivity index (χ4v) is 27.0. The van der Waals surface area contributed by atoms with Gasteiger partial charge in [0.1, 0.15) is 32.9 Å². The Labute approximate surface area is 157 Å². The standard InChI is InChI=1S/C18H46N2Si4/c1-21(2,3)19(22(4,5)6)17-15-13-14-16-18(17)20(23(7,8)9)24(10,11)12/h17-18H,13-16H2,1-12H3. The second kappa shape index (κ2) is 7.42. The minimum Gasteiger partial charge on any atom is -0.342 e. The number of nitrogens with zero attached hydrogens (tertiary/aromatic N) is 2. The van der Waals surface area contributed by atoms with Crippen LogP contribution in [0.5, 0.6) is 0 Å². The summed E-state index contributed by atoms with van der Waals surface area (Å²) in [6.07, 6.45) is 5.76. The summed E-state index contributed by atoms with van der Waals surface area (Å²) in [4.78, 5) is 0. The highest BCUT2D eigenvalue weighted by molar-refractivity contribution is 6.90. The molecule has 24 heavy (non-hydrogen) atoms. The van der Waals surface area contributed by atoms with E-state index in [1.165, 1.54) is 25.7 Å². The number of hydrogen-bond acceptors (Lipinski definition) is 2. The van der Waals surface area contributed by atoms with Gasteiger partial charge in [-0.1, -0.05) is 91.4 Å². The van der Waals surface area contributed by atoms with Crippen molar-refractivity contribution in [2.75, 3.05) is 0 Å². The van der Waals surface area contributed by atoms with Crippen molar-refractivity contribution in [2.45, 2.75) is 116 Å². The van der Waals surface area contributed by atoms with Crippen LogP contribution in [0.3, 0.4) is 0 Å². The van der Waals surface area contributed by atoms with E-state index in [0.717, 1.165) is 12.1 Å². The second-order valence-electron chi connectivity index (χ2n) is 11.8. The van der Waals surface area contributed by atoms with Crippen LogP contribution in [-0.4, -0.2) is 53.5 Å². The van der Waals surface area contributed by atoms with Crippen molar-refractivity contribution < 1.29 is 0 Å². The molecule has 144 valence electrons. The molecule has 0 aliphatic heterocycles. The fraction of sp³-hybridized carbons (Fsp3) is 1.00. The van der Waals surface area contributed by atoms with Gasteiger partial charge in [-0.05, 0) is 12.8 Å². The highest BCUT2D eigenvalue weighted by atomic mass is 28.4. The lowest BCUT2D eigenvalue weighted by Gasteiger charge is -2.59. The molecule has 0 heterocycles. The Morgan fingerprint density at radius 3 is 0.833 bits per heavy atom. The third-order valence-corrected chi connectivity index (χ3v) is 20.4. The lowest BCUT2D eigenvalue weighted by atomic mass is 9.92. The first-order valence-electron chi connectivity index (χ1n) is 10.1. The largest absolute Gasteiger partial charge is 0.342 e. The molecule has 0 spiro atoms. The first-order valence-corrected chi connectivity index (χ1v) is 23.8. The molecule has 2 nitrogen and oxygen atoms in total. The number of hydrogen-bond donors (Lipinski definition) is 0. The zero-order chi connectivity index (χ0) is 19.1. The molecule has 0 radical (unpaired) electrons. The lowest BCUT2D eigenvalue weighted by molar-refractivity contribution is 0.214. The van der Waals surface area contributed by atoms with Gasteiger partial charge in [-0.25, -0.2) is 0 Å². The van der Waals surface area contributed by atoms with E-state index in [1.54, 1.807) is 0 Å². The molecule has 0 bridgehead atoms. The van der Waals surface area contributed by atoms with Gasteiger partial charge in [0.05, 0.1) is 0 Å². The molecule has 2 unspecified atom stereocenters. The summed E-state index contributed by atoms with van der Waals surface area (Å²) < 4.78 is 6.27. The molecular weight excluding hydrogens is 357 g/mol. The topological polar surface area (TPSA) is 6.48 Å². The Bertz CT molecular complexity index is 345. The van der Waals surface area contributed by atoms with Crippen molar-refractivity contribution in [3.63, 3.8) is 0 Å². The maximum atomic E-state index is 3.14. The van der Waals surface area contributed by atoms with Gasteiger partial charge in [0, 0.05) is 12.1 Å². The third kappa shape index (κ3) is 5.64. The summed E-state index contributed by atoms with van der Waals surface area (Å²) >= 11 is 0. The van der Waals surface area contributed by atoms with Crippen molar-refractivity contribution in [2.24, 2.45) is 0 Å². The molecule has 1 aliphatic carbocycles. The Morgan fingerprint density at radius 1 is 0.458 bits per heavy atom. The molecule has 2 atom stereocenters. The van der Waals surface area contributed by atoms with Crippen LogP contribution in [-0.2, 0) is 0 Å². The highest BCUT2D eigenvalue weighted by Crippen LogP contribution is 2.37. The molecule has 1 aliphatic rings. The Balaban J connectivity index is 3.38. The van der Waals surface area contributed by atoms with E-state index in [9.17, 15) is 0 Å². The van der Waals surface area contributed by atoms with Gasteiger partial charge in [0.25, 0.3) is 0 Å². The Kier molecular flexibility index (Phi) is 7.06. The fourth-order valence-electron chi connectivity index (χ4n) is 5.70. The van der Waals surface area contributed by atoms with Crippen molar-refractivity contribution in [3.05, 3.63) is 0 Å². The Morgan fingerprint density at radius 2 is 0.667 bits per heavy atom. The van der Waals surface area contributed by atoms with Gasteiger partial charge in [0.2, 0.25) is 0 Å². The van der Waals surface area contributed by atoms with Crippen LogP contribution in [0.1, 0.15) is 25.7 Å². The summed E-state index contributed by atoms with van der Waals surface area (Å²) in [6, 6.07) is 1.63. The monoisotopic (exact) mass is 402 g/mol. The summed E-state index contributed by atoms with van der Waals surface area (Å²) in [5, 5.41) is 0. The summed E-state index contributed by atoms with van der Waals surface area (Å²) in [5.41, 5.74) is 0. The van der Waals surface area contributed by atoms with Gasteiger partial charge < -0.3 is 8.46 Å². The Hall–Kier alpha value is 0.788. The molecule has 0 aromatic rings. The van der Waals surface area contributed by atoms with Gasteiger partial charge >= 0.3 is 0 Å². The summed E-state index contributed by atoms with van der Waals surface area (Å²) in [5.74, 6) is 0. The maximum Gasteiger partial charge on any atom is 0.112 e. The predicted molar refractivity (Wildman–Crippen MR) is 123 cm³/mol. The van der Waals surface area contributed by atoms with Gasteiger partial charge in [-0.3, -0.25) is 0 Å². The van der Waals surface area contributed by atoms with E-state index >= 15 is 0 Å². The molecule has 0 saturated heterocycles. The third-order valence-electron chi connectivity index (χ3n) is 5.25. The van der Waals surface area contributed by atoms with Crippen LogP contribution < -0.4 is 0 Å². The quantitative estimate of drug-likeness (QED) is 0.485. The molecule has 0 aromatic carbocycles. The summed E-state index contributed by atoms with van der Waals surface area (Å²) in [6.45, 7) is 31.1. The van der Waals surface area contributed by atoms with E-state index in [2.05, 4.69) is 87.0 Å². The molecule has 1 saturated carbocycles. The molecule has 0 N–H and O–H groups in total. The molecule has 6 heteroatoms. The van der Waals surface area contributed by atoms with Crippen molar-refractivity contribution in [3.8, 4) is 0 Å². The molecule has 1 fully saturated rings. The van der Waals surface area contributed by atoms with E-state index in [1.807, 2.05) is 0 Å². The van der Waals surface area contributed by atoms with Gasteiger partial charge in [0.15, 0.2) is 0 Å². The average Bonchev–Trinajstić information content (AvgIpc) is 2.23. The van der Waals surface area contributed by atoms with Crippen molar-refractivity contribution in [1.82, 2.24) is 8.46 Å². The van der Waals surface area contributed by atoms with Crippen LogP contribution in [0.15, 0.2) is 0 Å². The van der Waals surface area contributed by atoms with Gasteiger partial charge in [-0.2, -0.15) is 0 Å². The molecule has 0 amide bonds. The molecule has 0 aromatic heterocycles. The van der Waals surface area contributed by atoms with Crippen LogP contribution in [0, 0.1) is 0 Å². The van der Waals surface area contributed by atoms with E-state index in [4.69, 9.17) is 0 Å². The second-order valence-corrected chi connectivity index (χ2v) is 32.0. The zero-order valence-corrected chi connectivity index (χ0v) is 22.9. The first-order chi connectivity index (χ1) is 10.5. The zero-order valence-electron chi connectivity index (χ0n) is 18.9. The minimum atomic E-state index is -1.32. The van der Waals surface area contributed by atoms with Crippen molar-refractivity contribution in [1.29, 1.82) is 0 Å².